The van der Waals surface area contributed by atoms with Crippen LogP contribution in [-0.4, -0.2) is 9.55 Å². The molecule has 0 amide bonds. The molecule has 0 radical (unpaired) electrons. The zero-order valence-electron chi connectivity index (χ0n) is 10.4. The molecule has 1 aromatic heterocycles. The highest BCUT2D eigenvalue weighted by atomic mass is 35.5. The first-order valence-electron chi connectivity index (χ1n) is 6.39. The first-order valence-corrected chi connectivity index (χ1v) is 6.93. The topological polar surface area (TPSA) is 17.8 Å². The van der Waals surface area contributed by atoms with Crippen molar-refractivity contribution in [2.45, 2.75) is 32.2 Å². The molecule has 1 atom stereocenters. The van der Waals surface area contributed by atoms with Crippen molar-refractivity contribution in [2.75, 3.05) is 0 Å². The standard InChI is InChI=1S/C14H16ClFN2/c1-9(10-2-3-10)8-18-13-6-11(16)4-5-12(13)17-14(18)7-15/h4-6,9-10H,2-3,7-8H2,1H3. The van der Waals surface area contributed by atoms with Crippen molar-refractivity contribution in [1.29, 1.82) is 0 Å². The maximum Gasteiger partial charge on any atom is 0.125 e. The third kappa shape index (κ3) is 2.12. The third-order valence-corrected chi connectivity index (χ3v) is 4.05. The molecule has 0 saturated heterocycles. The van der Waals surface area contributed by atoms with Gasteiger partial charge in [0.15, 0.2) is 0 Å². The predicted molar refractivity (Wildman–Crippen MR) is 71.1 cm³/mol. The van der Waals surface area contributed by atoms with Crippen molar-refractivity contribution in [3.05, 3.63) is 29.8 Å². The number of imidazole rings is 1. The van der Waals surface area contributed by atoms with E-state index in [1.165, 1.54) is 18.9 Å². The van der Waals surface area contributed by atoms with Crippen LogP contribution >= 0.6 is 11.6 Å². The number of benzene rings is 1. The molecule has 1 aromatic carbocycles. The monoisotopic (exact) mass is 266 g/mol. The van der Waals surface area contributed by atoms with Crippen LogP contribution in [0, 0.1) is 17.7 Å². The summed E-state index contributed by atoms with van der Waals surface area (Å²) in [5, 5.41) is 0. The fourth-order valence-electron chi connectivity index (χ4n) is 2.55. The van der Waals surface area contributed by atoms with Gasteiger partial charge in [-0.05, 0) is 42.9 Å². The van der Waals surface area contributed by atoms with Gasteiger partial charge in [0.2, 0.25) is 0 Å². The fraction of sp³-hybridized carbons (Fsp3) is 0.500. The van der Waals surface area contributed by atoms with Crippen LogP contribution in [0.4, 0.5) is 4.39 Å². The molecular weight excluding hydrogens is 251 g/mol. The van der Waals surface area contributed by atoms with E-state index in [0.717, 1.165) is 29.3 Å². The van der Waals surface area contributed by atoms with Gasteiger partial charge in [0.1, 0.15) is 11.6 Å². The van der Waals surface area contributed by atoms with Crippen molar-refractivity contribution in [1.82, 2.24) is 9.55 Å². The average Bonchev–Trinajstić information content (AvgIpc) is 3.15. The summed E-state index contributed by atoms with van der Waals surface area (Å²) in [7, 11) is 0. The highest BCUT2D eigenvalue weighted by molar-refractivity contribution is 6.16. The summed E-state index contributed by atoms with van der Waals surface area (Å²) in [5.41, 5.74) is 1.69. The summed E-state index contributed by atoms with van der Waals surface area (Å²) in [5.74, 6) is 2.41. The van der Waals surface area contributed by atoms with Crippen molar-refractivity contribution >= 4 is 22.6 Å². The first-order chi connectivity index (χ1) is 8.69. The van der Waals surface area contributed by atoms with E-state index in [9.17, 15) is 4.39 Å². The predicted octanol–water partition coefficient (Wildman–Crippen LogP) is 3.96. The summed E-state index contributed by atoms with van der Waals surface area (Å²) in [6.45, 7) is 3.13. The summed E-state index contributed by atoms with van der Waals surface area (Å²) in [6.07, 6.45) is 2.64. The lowest BCUT2D eigenvalue weighted by Crippen LogP contribution is -2.11. The lowest BCUT2D eigenvalue weighted by Gasteiger charge is -2.14. The Morgan fingerprint density at radius 1 is 1.50 bits per heavy atom. The molecule has 1 aliphatic rings. The Balaban J connectivity index is 2.03. The Kier molecular flexibility index (Phi) is 3.02. The molecule has 1 saturated carbocycles. The third-order valence-electron chi connectivity index (χ3n) is 3.81. The van der Waals surface area contributed by atoms with E-state index >= 15 is 0 Å². The van der Waals surface area contributed by atoms with E-state index < -0.39 is 0 Å². The van der Waals surface area contributed by atoms with Crippen molar-refractivity contribution in [2.24, 2.45) is 11.8 Å². The maximum atomic E-state index is 13.4. The molecule has 0 bridgehead atoms. The van der Waals surface area contributed by atoms with Gasteiger partial charge in [-0.3, -0.25) is 0 Å². The van der Waals surface area contributed by atoms with Crippen LogP contribution in [0.25, 0.3) is 11.0 Å². The molecule has 0 spiro atoms. The molecule has 0 aliphatic heterocycles. The van der Waals surface area contributed by atoms with Crippen LogP contribution in [0.15, 0.2) is 18.2 Å². The van der Waals surface area contributed by atoms with E-state index in [-0.39, 0.29) is 5.82 Å². The number of rotatable bonds is 4. The summed E-state index contributed by atoms with van der Waals surface area (Å²) >= 11 is 5.94. The molecular formula is C14H16ClFN2. The Hall–Kier alpha value is -1.09. The Morgan fingerprint density at radius 2 is 2.28 bits per heavy atom. The molecule has 18 heavy (non-hydrogen) atoms. The molecule has 0 N–H and O–H groups in total. The summed E-state index contributed by atoms with van der Waals surface area (Å²) in [4.78, 5) is 4.47. The lowest BCUT2D eigenvalue weighted by molar-refractivity contribution is 0.430. The zero-order valence-corrected chi connectivity index (χ0v) is 11.1. The number of hydrogen-bond acceptors (Lipinski definition) is 1. The van der Waals surface area contributed by atoms with Crippen LogP contribution < -0.4 is 0 Å². The second-order valence-electron chi connectivity index (χ2n) is 5.22. The van der Waals surface area contributed by atoms with Crippen molar-refractivity contribution < 1.29 is 4.39 Å². The van der Waals surface area contributed by atoms with Gasteiger partial charge >= 0.3 is 0 Å². The molecule has 1 unspecified atom stereocenters. The molecule has 1 fully saturated rings. The SMILES string of the molecule is CC(Cn1c(CCl)nc2ccc(F)cc21)C1CC1. The number of hydrogen-bond donors (Lipinski definition) is 0. The second-order valence-corrected chi connectivity index (χ2v) is 5.49. The van der Waals surface area contributed by atoms with Crippen LogP contribution in [0.3, 0.4) is 0 Å². The zero-order chi connectivity index (χ0) is 12.7. The van der Waals surface area contributed by atoms with Gasteiger partial charge in [0.25, 0.3) is 0 Å². The van der Waals surface area contributed by atoms with Crippen LogP contribution in [0.5, 0.6) is 0 Å². The van der Waals surface area contributed by atoms with E-state index in [1.807, 2.05) is 0 Å². The van der Waals surface area contributed by atoms with Crippen molar-refractivity contribution in [3.8, 4) is 0 Å². The molecule has 1 aliphatic carbocycles. The molecule has 1 heterocycles. The average molecular weight is 267 g/mol. The minimum Gasteiger partial charge on any atom is -0.327 e. The Labute approximate surface area is 111 Å². The van der Waals surface area contributed by atoms with E-state index in [2.05, 4.69) is 16.5 Å². The minimum atomic E-state index is -0.219. The van der Waals surface area contributed by atoms with Gasteiger partial charge in [0, 0.05) is 6.54 Å². The minimum absolute atomic E-state index is 0.219. The van der Waals surface area contributed by atoms with Crippen LogP contribution in [0.1, 0.15) is 25.6 Å². The maximum absolute atomic E-state index is 13.4. The number of aromatic nitrogens is 2. The van der Waals surface area contributed by atoms with E-state index in [1.54, 1.807) is 12.1 Å². The molecule has 96 valence electrons. The van der Waals surface area contributed by atoms with Gasteiger partial charge < -0.3 is 4.57 Å². The number of alkyl halides is 1. The Bertz CT molecular complexity index is 574. The van der Waals surface area contributed by atoms with Gasteiger partial charge in [-0.2, -0.15) is 0 Å². The van der Waals surface area contributed by atoms with Gasteiger partial charge in [-0.15, -0.1) is 11.6 Å². The Morgan fingerprint density at radius 3 is 2.94 bits per heavy atom. The second kappa shape index (κ2) is 4.54. The van der Waals surface area contributed by atoms with Crippen LogP contribution in [-0.2, 0) is 12.4 Å². The molecule has 4 heteroatoms. The largest absolute Gasteiger partial charge is 0.327 e. The molecule has 2 nitrogen and oxygen atoms in total. The summed E-state index contributed by atoms with van der Waals surface area (Å²) in [6, 6.07) is 4.72. The quantitative estimate of drug-likeness (QED) is 0.766. The highest BCUT2D eigenvalue weighted by Crippen LogP contribution is 2.38. The van der Waals surface area contributed by atoms with E-state index in [0.29, 0.717) is 11.8 Å². The number of halogens is 2. The smallest absolute Gasteiger partial charge is 0.125 e. The van der Waals surface area contributed by atoms with E-state index in [4.69, 9.17) is 11.6 Å². The normalized spacial score (nSPS) is 17.3. The number of fused-ring (bicyclic) bond motifs is 1. The first kappa shape index (κ1) is 12.0. The van der Waals surface area contributed by atoms with Gasteiger partial charge in [0.05, 0.1) is 16.9 Å². The number of nitrogens with zero attached hydrogens (tertiary/aromatic N) is 2. The van der Waals surface area contributed by atoms with Crippen molar-refractivity contribution in [3.63, 3.8) is 0 Å². The van der Waals surface area contributed by atoms with Gasteiger partial charge in [-0.25, -0.2) is 9.37 Å². The molecule has 3 rings (SSSR count). The fourth-order valence-corrected chi connectivity index (χ4v) is 2.76. The highest BCUT2D eigenvalue weighted by Gasteiger charge is 2.28. The summed E-state index contributed by atoms with van der Waals surface area (Å²) < 4.78 is 15.4. The van der Waals surface area contributed by atoms with Crippen LogP contribution in [0.2, 0.25) is 0 Å². The molecule has 2 aromatic rings. The van der Waals surface area contributed by atoms with Gasteiger partial charge in [-0.1, -0.05) is 6.92 Å². The lowest BCUT2D eigenvalue weighted by atomic mass is 10.1.